The van der Waals surface area contributed by atoms with Crippen molar-refractivity contribution in [3.63, 3.8) is 0 Å². The van der Waals surface area contributed by atoms with Gasteiger partial charge in [0, 0.05) is 5.57 Å². The van der Waals surface area contributed by atoms with Gasteiger partial charge in [0.25, 0.3) is 0 Å². The first-order chi connectivity index (χ1) is 8.84. The highest BCUT2D eigenvalue weighted by atomic mass is 16.1. The van der Waals surface area contributed by atoms with Crippen molar-refractivity contribution in [2.75, 3.05) is 0 Å². The Morgan fingerprint density at radius 1 is 0.944 bits per heavy atom. The molecule has 0 spiro atoms. The Bertz CT molecular complexity index is 480. The summed E-state index contributed by atoms with van der Waals surface area (Å²) in [5.41, 5.74) is 2.35. The molecule has 4 aliphatic rings. The lowest BCUT2D eigenvalue weighted by molar-refractivity contribution is -0.110. The number of hydrogen-bond acceptors (Lipinski definition) is 1. The third-order valence-electron chi connectivity index (χ3n) is 5.65. The number of hydrogen-bond donors (Lipinski definition) is 0. The standard InChI is InChI=1S/C17H20O/c18-17-10-9-15-14-6-5-11-3-1-2-4-12(11)13(14)7-8-16(15)17/h7-14H,1-6H2. The quantitative estimate of drug-likeness (QED) is 0.629. The Labute approximate surface area is 109 Å². The van der Waals surface area contributed by atoms with Crippen molar-refractivity contribution >= 4 is 5.78 Å². The molecule has 4 unspecified atom stereocenters. The topological polar surface area (TPSA) is 17.1 Å². The van der Waals surface area contributed by atoms with Crippen LogP contribution < -0.4 is 0 Å². The molecule has 2 fully saturated rings. The number of rotatable bonds is 0. The predicted molar refractivity (Wildman–Crippen MR) is 72.0 cm³/mol. The van der Waals surface area contributed by atoms with E-state index in [4.69, 9.17) is 0 Å². The van der Waals surface area contributed by atoms with E-state index in [9.17, 15) is 4.79 Å². The van der Waals surface area contributed by atoms with Crippen LogP contribution in [-0.4, -0.2) is 5.78 Å². The van der Waals surface area contributed by atoms with Gasteiger partial charge in [0.1, 0.15) is 0 Å². The minimum absolute atomic E-state index is 0.227. The van der Waals surface area contributed by atoms with Gasteiger partial charge in [0.2, 0.25) is 0 Å². The SMILES string of the molecule is O=C1C=CC2=C1C=CC1C2CCC2CCCCC21. The normalized spacial score (nSPS) is 41.7. The zero-order valence-corrected chi connectivity index (χ0v) is 10.8. The van der Waals surface area contributed by atoms with E-state index in [-0.39, 0.29) is 5.78 Å². The Morgan fingerprint density at radius 3 is 2.78 bits per heavy atom. The number of ketones is 1. The van der Waals surface area contributed by atoms with Crippen LogP contribution in [0.5, 0.6) is 0 Å². The van der Waals surface area contributed by atoms with Crippen LogP contribution in [0.15, 0.2) is 35.5 Å². The molecule has 0 bridgehead atoms. The first-order valence-corrected chi connectivity index (χ1v) is 7.49. The van der Waals surface area contributed by atoms with Gasteiger partial charge < -0.3 is 0 Å². The van der Waals surface area contributed by atoms with E-state index in [0.717, 1.165) is 23.3 Å². The molecule has 4 atom stereocenters. The summed E-state index contributed by atoms with van der Waals surface area (Å²) in [6.07, 6.45) is 16.8. The summed E-state index contributed by atoms with van der Waals surface area (Å²) >= 11 is 0. The van der Waals surface area contributed by atoms with Crippen LogP contribution in [0.4, 0.5) is 0 Å². The highest BCUT2D eigenvalue weighted by molar-refractivity contribution is 6.10. The summed E-state index contributed by atoms with van der Waals surface area (Å²) in [6, 6.07) is 0. The summed E-state index contributed by atoms with van der Waals surface area (Å²) in [7, 11) is 0. The zero-order valence-electron chi connectivity index (χ0n) is 10.8. The second kappa shape index (κ2) is 3.94. The van der Waals surface area contributed by atoms with E-state index in [0.29, 0.717) is 5.92 Å². The Kier molecular flexibility index (Phi) is 2.36. The third-order valence-corrected chi connectivity index (χ3v) is 5.65. The largest absolute Gasteiger partial charge is 0.289 e. The fraction of sp³-hybridized carbons (Fsp3) is 0.588. The van der Waals surface area contributed by atoms with E-state index < -0.39 is 0 Å². The Hall–Kier alpha value is -1.11. The number of carbonyl (C=O) groups excluding carboxylic acids is 1. The van der Waals surface area contributed by atoms with Gasteiger partial charge in [0.05, 0.1) is 0 Å². The first kappa shape index (κ1) is 10.8. The van der Waals surface area contributed by atoms with Crippen molar-refractivity contribution in [3.05, 3.63) is 35.5 Å². The third kappa shape index (κ3) is 1.43. The molecule has 0 amide bonds. The van der Waals surface area contributed by atoms with E-state index in [2.05, 4.69) is 18.2 Å². The minimum Gasteiger partial charge on any atom is -0.289 e. The van der Waals surface area contributed by atoms with Crippen molar-refractivity contribution < 1.29 is 4.79 Å². The Morgan fingerprint density at radius 2 is 1.83 bits per heavy atom. The van der Waals surface area contributed by atoms with Crippen LogP contribution in [0.3, 0.4) is 0 Å². The highest BCUT2D eigenvalue weighted by Gasteiger charge is 2.42. The van der Waals surface area contributed by atoms with Gasteiger partial charge in [-0.1, -0.05) is 37.5 Å². The average molecular weight is 240 g/mol. The van der Waals surface area contributed by atoms with Gasteiger partial charge in [-0.05, 0) is 54.6 Å². The summed E-state index contributed by atoms with van der Waals surface area (Å²) < 4.78 is 0. The molecule has 94 valence electrons. The molecule has 0 aromatic rings. The fourth-order valence-electron chi connectivity index (χ4n) is 4.82. The van der Waals surface area contributed by atoms with Crippen molar-refractivity contribution in [2.24, 2.45) is 23.7 Å². The summed E-state index contributed by atoms with van der Waals surface area (Å²) in [4.78, 5) is 11.8. The molecule has 0 radical (unpaired) electrons. The maximum Gasteiger partial charge on any atom is 0.186 e. The molecule has 0 aliphatic heterocycles. The predicted octanol–water partition coefficient (Wildman–Crippen LogP) is 3.82. The van der Waals surface area contributed by atoms with Crippen molar-refractivity contribution in [1.29, 1.82) is 0 Å². The molecule has 4 rings (SSSR count). The van der Waals surface area contributed by atoms with E-state index in [1.807, 2.05) is 0 Å². The highest BCUT2D eigenvalue weighted by Crippen LogP contribution is 2.51. The summed E-state index contributed by atoms with van der Waals surface area (Å²) in [5, 5.41) is 0. The molecular formula is C17H20O. The van der Waals surface area contributed by atoms with Crippen molar-refractivity contribution in [2.45, 2.75) is 38.5 Å². The molecule has 0 aromatic heterocycles. The van der Waals surface area contributed by atoms with Crippen LogP contribution in [0, 0.1) is 23.7 Å². The lowest BCUT2D eigenvalue weighted by Crippen LogP contribution is -2.37. The van der Waals surface area contributed by atoms with E-state index >= 15 is 0 Å². The maximum absolute atomic E-state index is 11.8. The summed E-state index contributed by atoms with van der Waals surface area (Å²) in [5.74, 6) is 3.45. The van der Waals surface area contributed by atoms with Gasteiger partial charge in [-0.3, -0.25) is 4.79 Å². The Balaban J connectivity index is 1.68. The van der Waals surface area contributed by atoms with Gasteiger partial charge in [-0.2, -0.15) is 0 Å². The molecule has 18 heavy (non-hydrogen) atoms. The zero-order chi connectivity index (χ0) is 12.1. The van der Waals surface area contributed by atoms with Crippen LogP contribution in [0.25, 0.3) is 0 Å². The molecule has 0 aromatic carbocycles. The van der Waals surface area contributed by atoms with Gasteiger partial charge in [0.15, 0.2) is 5.78 Å². The van der Waals surface area contributed by atoms with Gasteiger partial charge >= 0.3 is 0 Å². The molecule has 0 heterocycles. The van der Waals surface area contributed by atoms with E-state index in [1.165, 1.54) is 44.1 Å². The summed E-state index contributed by atoms with van der Waals surface area (Å²) in [6.45, 7) is 0. The van der Waals surface area contributed by atoms with Crippen molar-refractivity contribution in [1.82, 2.24) is 0 Å². The van der Waals surface area contributed by atoms with Crippen LogP contribution in [-0.2, 0) is 4.79 Å². The smallest absolute Gasteiger partial charge is 0.186 e. The van der Waals surface area contributed by atoms with Crippen LogP contribution in [0.1, 0.15) is 38.5 Å². The lowest BCUT2D eigenvalue weighted by atomic mass is 9.58. The lowest BCUT2D eigenvalue weighted by Gasteiger charge is -2.46. The second-order valence-corrected chi connectivity index (χ2v) is 6.40. The monoisotopic (exact) mass is 240 g/mol. The molecule has 1 nitrogen and oxygen atoms in total. The molecule has 2 saturated carbocycles. The number of fused-ring (bicyclic) bond motifs is 4. The van der Waals surface area contributed by atoms with Gasteiger partial charge in [-0.25, -0.2) is 0 Å². The average Bonchev–Trinajstić information content (AvgIpc) is 2.80. The number of allylic oxidation sites excluding steroid dienone is 6. The van der Waals surface area contributed by atoms with E-state index in [1.54, 1.807) is 6.08 Å². The second-order valence-electron chi connectivity index (χ2n) is 6.40. The molecular weight excluding hydrogens is 220 g/mol. The fourth-order valence-corrected chi connectivity index (χ4v) is 4.82. The van der Waals surface area contributed by atoms with Gasteiger partial charge in [-0.15, -0.1) is 0 Å². The van der Waals surface area contributed by atoms with Crippen molar-refractivity contribution in [3.8, 4) is 0 Å². The molecule has 0 N–H and O–H groups in total. The molecule has 4 aliphatic carbocycles. The molecule has 0 saturated heterocycles. The van der Waals surface area contributed by atoms with Crippen LogP contribution in [0.2, 0.25) is 0 Å². The first-order valence-electron chi connectivity index (χ1n) is 7.49. The number of carbonyl (C=O) groups is 1. The molecule has 1 heteroatoms. The van der Waals surface area contributed by atoms with Crippen LogP contribution >= 0.6 is 0 Å². The maximum atomic E-state index is 11.8. The minimum atomic E-state index is 0.227.